The number of anilines is 1. The van der Waals surface area contributed by atoms with Crippen molar-refractivity contribution in [2.45, 2.75) is 36.8 Å². The standard InChI is InChI=1S/C15H18N2O3S/c1-9(12-3-2-6-20-12)16-15(19)10-4-5-13-11(7-10)17-14(18)8-21-13/h4-5,7,9,12H,2-3,6,8H2,1H3,(H,16,19)(H,17,18)/t9-,12+/m0/s1. The van der Waals surface area contributed by atoms with Gasteiger partial charge in [0.2, 0.25) is 5.91 Å². The third-order valence-corrected chi connectivity index (χ3v) is 4.83. The van der Waals surface area contributed by atoms with E-state index in [1.807, 2.05) is 13.0 Å². The van der Waals surface area contributed by atoms with Crippen molar-refractivity contribution in [1.82, 2.24) is 5.32 Å². The lowest BCUT2D eigenvalue weighted by atomic mass is 10.1. The number of thioether (sulfide) groups is 1. The summed E-state index contributed by atoms with van der Waals surface area (Å²) in [5.74, 6) is 0.262. The maximum Gasteiger partial charge on any atom is 0.251 e. The number of fused-ring (bicyclic) bond motifs is 1. The van der Waals surface area contributed by atoms with Crippen LogP contribution in [0.15, 0.2) is 23.1 Å². The molecule has 2 amide bonds. The van der Waals surface area contributed by atoms with Gasteiger partial charge >= 0.3 is 0 Å². The van der Waals surface area contributed by atoms with Crippen LogP contribution in [0.4, 0.5) is 5.69 Å². The average Bonchev–Trinajstić information content (AvgIpc) is 3.00. The molecule has 1 aromatic carbocycles. The van der Waals surface area contributed by atoms with Crippen molar-refractivity contribution in [2.75, 3.05) is 17.7 Å². The minimum atomic E-state index is -0.134. The smallest absolute Gasteiger partial charge is 0.251 e. The van der Waals surface area contributed by atoms with Crippen molar-refractivity contribution in [3.63, 3.8) is 0 Å². The Balaban J connectivity index is 1.69. The Labute approximate surface area is 127 Å². The van der Waals surface area contributed by atoms with E-state index in [1.165, 1.54) is 11.8 Å². The zero-order valence-electron chi connectivity index (χ0n) is 11.8. The second-order valence-electron chi connectivity index (χ2n) is 5.36. The summed E-state index contributed by atoms with van der Waals surface area (Å²) in [6, 6.07) is 5.39. The van der Waals surface area contributed by atoms with Gasteiger partial charge in [-0.3, -0.25) is 9.59 Å². The minimum absolute atomic E-state index is 0.0139. The molecule has 1 saturated heterocycles. The van der Waals surface area contributed by atoms with E-state index in [2.05, 4.69) is 10.6 Å². The lowest BCUT2D eigenvalue weighted by molar-refractivity contribution is -0.113. The van der Waals surface area contributed by atoms with Crippen molar-refractivity contribution < 1.29 is 14.3 Å². The topological polar surface area (TPSA) is 67.4 Å². The van der Waals surface area contributed by atoms with Crippen LogP contribution < -0.4 is 10.6 Å². The molecule has 0 spiro atoms. The fraction of sp³-hybridized carbons (Fsp3) is 0.467. The van der Waals surface area contributed by atoms with Gasteiger partial charge in [-0.05, 0) is 38.0 Å². The highest BCUT2D eigenvalue weighted by molar-refractivity contribution is 8.00. The number of carbonyl (C=O) groups is 2. The van der Waals surface area contributed by atoms with Gasteiger partial charge in [0.15, 0.2) is 0 Å². The number of carbonyl (C=O) groups excluding carboxylic acids is 2. The Morgan fingerprint density at radius 3 is 3.14 bits per heavy atom. The number of amides is 2. The van der Waals surface area contributed by atoms with Gasteiger partial charge in [0.05, 0.1) is 23.6 Å². The average molecular weight is 306 g/mol. The summed E-state index contributed by atoms with van der Waals surface area (Å²) in [5.41, 5.74) is 1.27. The summed E-state index contributed by atoms with van der Waals surface area (Å²) in [7, 11) is 0. The molecule has 0 aliphatic carbocycles. The van der Waals surface area contributed by atoms with Gasteiger partial charge in [-0.15, -0.1) is 11.8 Å². The molecule has 5 nitrogen and oxygen atoms in total. The maximum atomic E-state index is 12.3. The van der Waals surface area contributed by atoms with E-state index < -0.39 is 0 Å². The normalized spacial score (nSPS) is 22.3. The zero-order valence-corrected chi connectivity index (χ0v) is 12.7. The Morgan fingerprint density at radius 1 is 1.52 bits per heavy atom. The SMILES string of the molecule is C[C@H](NC(=O)c1ccc2c(c1)NC(=O)CS2)[C@H]1CCCO1. The second kappa shape index (κ2) is 6.07. The van der Waals surface area contributed by atoms with E-state index in [0.717, 1.165) is 24.3 Å². The van der Waals surface area contributed by atoms with Crippen molar-refractivity contribution >= 4 is 29.3 Å². The van der Waals surface area contributed by atoms with Crippen LogP contribution in [0.1, 0.15) is 30.1 Å². The monoisotopic (exact) mass is 306 g/mol. The molecule has 21 heavy (non-hydrogen) atoms. The largest absolute Gasteiger partial charge is 0.376 e. The molecule has 2 heterocycles. The highest BCUT2D eigenvalue weighted by Crippen LogP contribution is 2.32. The van der Waals surface area contributed by atoms with Gasteiger partial charge in [0.1, 0.15) is 0 Å². The molecule has 2 atom stereocenters. The molecular weight excluding hydrogens is 288 g/mol. The first-order valence-corrected chi connectivity index (χ1v) is 8.11. The molecule has 0 unspecified atom stereocenters. The van der Waals surface area contributed by atoms with Crippen LogP contribution in [0.2, 0.25) is 0 Å². The third-order valence-electron chi connectivity index (χ3n) is 3.76. The fourth-order valence-electron chi connectivity index (χ4n) is 2.60. The van der Waals surface area contributed by atoms with Gasteiger partial charge in [-0.2, -0.15) is 0 Å². The van der Waals surface area contributed by atoms with Crippen LogP contribution in [-0.4, -0.2) is 36.3 Å². The first-order chi connectivity index (χ1) is 10.1. The van der Waals surface area contributed by atoms with Crippen molar-refractivity contribution in [3.8, 4) is 0 Å². The molecule has 0 radical (unpaired) electrons. The molecule has 0 bridgehead atoms. The molecule has 112 valence electrons. The molecule has 2 aliphatic rings. The molecular formula is C15H18N2O3S. The number of hydrogen-bond acceptors (Lipinski definition) is 4. The predicted molar refractivity (Wildman–Crippen MR) is 81.7 cm³/mol. The van der Waals surface area contributed by atoms with Gasteiger partial charge in [-0.25, -0.2) is 0 Å². The Hall–Kier alpha value is -1.53. The molecule has 2 aliphatic heterocycles. The molecule has 1 fully saturated rings. The second-order valence-corrected chi connectivity index (χ2v) is 6.38. The molecule has 3 rings (SSSR count). The number of benzene rings is 1. The maximum absolute atomic E-state index is 12.3. The van der Waals surface area contributed by atoms with Gasteiger partial charge < -0.3 is 15.4 Å². The van der Waals surface area contributed by atoms with Crippen LogP contribution in [0.3, 0.4) is 0 Å². The van der Waals surface area contributed by atoms with Crippen LogP contribution in [0.25, 0.3) is 0 Å². The summed E-state index contributed by atoms with van der Waals surface area (Å²) < 4.78 is 5.58. The van der Waals surface area contributed by atoms with E-state index in [1.54, 1.807) is 12.1 Å². The van der Waals surface area contributed by atoms with Crippen LogP contribution in [0.5, 0.6) is 0 Å². The number of rotatable bonds is 3. The quantitative estimate of drug-likeness (QED) is 0.896. The summed E-state index contributed by atoms with van der Waals surface area (Å²) >= 11 is 1.49. The van der Waals surface area contributed by atoms with Crippen LogP contribution in [0, 0.1) is 0 Å². The molecule has 6 heteroatoms. The predicted octanol–water partition coefficient (Wildman–Crippen LogP) is 2.03. The zero-order chi connectivity index (χ0) is 14.8. The van der Waals surface area contributed by atoms with E-state index in [4.69, 9.17) is 4.74 Å². The van der Waals surface area contributed by atoms with Gasteiger partial charge in [0.25, 0.3) is 5.91 Å². The van der Waals surface area contributed by atoms with Gasteiger partial charge in [-0.1, -0.05) is 0 Å². The number of nitrogens with one attached hydrogen (secondary N) is 2. The molecule has 0 saturated carbocycles. The lowest BCUT2D eigenvalue weighted by Gasteiger charge is -2.21. The molecule has 0 aromatic heterocycles. The first-order valence-electron chi connectivity index (χ1n) is 7.12. The lowest BCUT2D eigenvalue weighted by Crippen LogP contribution is -2.40. The number of hydrogen-bond donors (Lipinski definition) is 2. The molecule has 2 N–H and O–H groups in total. The number of ether oxygens (including phenoxy) is 1. The summed E-state index contributed by atoms with van der Waals surface area (Å²) in [6.45, 7) is 2.73. The molecule has 1 aromatic rings. The van der Waals surface area contributed by atoms with E-state index >= 15 is 0 Å². The summed E-state index contributed by atoms with van der Waals surface area (Å²) in [6.07, 6.45) is 2.13. The van der Waals surface area contributed by atoms with Crippen molar-refractivity contribution in [1.29, 1.82) is 0 Å². The van der Waals surface area contributed by atoms with Gasteiger partial charge in [0, 0.05) is 17.1 Å². The van der Waals surface area contributed by atoms with E-state index in [-0.39, 0.29) is 24.0 Å². The van der Waals surface area contributed by atoms with Crippen LogP contribution in [-0.2, 0) is 9.53 Å². The third kappa shape index (κ3) is 3.22. The Kier molecular flexibility index (Phi) is 4.17. The Morgan fingerprint density at radius 2 is 2.38 bits per heavy atom. The summed E-state index contributed by atoms with van der Waals surface area (Å²) in [5, 5.41) is 5.77. The first kappa shape index (κ1) is 14.4. The van der Waals surface area contributed by atoms with E-state index in [0.29, 0.717) is 17.0 Å². The van der Waals surface area contributed by atoms with E-state index in [9.17, 15) is 9.59 Å². The van der Waals surface area contributed by atoms with Crippen LogP contribution >= 0.6 is 11.8 Å². The fourth-order valence-corrected chi connectivity index (χ4v) is 3.39. The van der Waals surface area contributed by atoms with Crippen molar-refractivity contribution in [2.24, 2.45) is 0 Å². The summed E-state index contributed by atoms with van der Waals surface area (Å²) in [4.78, 5) is 24.7. The minimum Gasteiger partial charge on any atom is -0.376 e. The Bertz CT molecular complexity index is 570. The van der Waals surface area contributed by atoms with Crippen molar-refractivity contribution in [3.05, 3.63) is 23.8 Å². The highest BCUT2D eigenvalue weighted by Gasteiger charge is 2.24. The highest BCUT2D eigenvalue weighted by atomic mass is 32.2.